The van der Waals surface area contributed by atoms with Crippen LogP contribution in [0.2, 0.25) is 5.02 Å². The van der Waals surface area contributed by atoms with E-state index in [0.717, 1.165) is 5.56 Å². The summed E-state index contributed by atoms with van der Waals surface area (Å²) in [6.07, 6.45) is -0.775. The van der Waals surface area contributed by atoms with Gasteiger partial charge < -0.3 is 9.47 Å². The minimum atomic E-state index is -0.775. The van der Waals surface area contributed by atoms with E-state index in [1.165, 1.54) is 0 Å². The normalized spacial score (nSPS) is 9.89. The van der Waals surface area contributed by atoms with Crippen LogP contribution in [0.4, 0.5) is 4.79 Å². The van der Waals surface area contributed by atoms with Crippen LogP contribution < -0.4 is 9.47 Å². The molecular formula is C14H11ClO3. The Morgan fingerprint density at radius 1 is 1.00 bits per heavy atom. The summed E-state index contributed by atoms with van der Waals surface area (Å²) < 4.78 is 10.0. The molecule has 0 aliphatic carbocycles. The van der Waals surface area contributed by atoms with Crippen molar-refractivity contribution >= 4 is 17.8 Å². The second-order valence-electron chi connectivity index (χ2n) is 3.68. The Morgan fingerprint density at radius 3 is 2.33 bits per heavy atom. The fourth-order valence-electron chi connectivity index (χ4n) is 1.38. The van der Waals surface area contributed by atoms with E-state index in [1.807, 2.05) is 13.0 Å². The van der Waals surface area contributed by atoms with Crippen molar-refractivity contribution < 1.29 is 14.3 Å². The molecule has 2 aromatic carbocycles. The summed E-state index contributed by atoms with van der Waals surface area (Å²) in [6, 6.07) is 13.7. The number of para-hydroxylation sites is 1. The van der Waals surface area contributed by atoms with Crippen LogP contribution in [-0.4, -0.2) is 6.16 Å². The van der Waals surface area contributed by atoms with Gasteiger partial charge in [0, 0.05) is 5.02 Å². The predicted octanol–water partition coefficient (Wildman–Crippen LogP) is 4.23. The average Bonchev–Trinajstić information content (AvgIpc) is 2.35. The molecule has 2 aromatic rings. The van der Waals surface area contributed by atoms with Crippen LogP contribution in [0.5, 0.6) is 11.5 Å². The number of rotatable bonds is 2. The number of carbonyl (C=O) groups is 1. The molecule has 0 N–H and O–H groups in total. The van der Waals surface area contributed by atoms with Gasteiger partial charge in [-0.2, -0.15) is 0 Å². The predicted molar refractivity (Wildman–Crippen MR) is 69.3 cm³/mol. The molecule has 2 rings (SSSR count). The molecule has 92 valence electrons. The van der Waals surface area contributed by atoms with Crippen LogP contribution in [0.3, 0.4) is 0 Å². The first-order valence-corrected chi connectivity index (χ1v) is 5.74. The van der Waals surface area contributed by atoms with Gasteiger partial charge in [-0.25, -0.2) is 4.79 Å². The van der Waals surface area contributed by atoms with Crippen molar-refractivity contribution in [3.8, 4) is 11.5 Å². The van der Waals surface area contributed by atoms with Crippen molar-refractivity contribution in [2.75, 3.05) is 0 Å². The highest BCUT2D eigenvalue weighted by atomic mass is 35.5. The maximum absolute atomic E-state index is 11.5. The van der Waals surface area contributed by atoms with Crippen molar-refractivity contribution in [1.29, 1.82) is 0 Å². The maximum atomic E-state index is 11.5. The molecule has 0 amide bonds. The second-order valence-corrected chi connectivity index (χ2v) is 4.09. The van der Waals surface area contributed by atoms with E-state index in [4.69, 9.17) is 21.1 Å². The number of benzene rings is 2. The highest BCUT2D eigenvalue weighted by Gasteiger charge is 2.08. The summed E-state index contributed by atoms with van der Waals surface area (Å²) >= 11 is 5.88. The van der Waals surface area contributed by atoms with Crippen molar-refractivity contribution in [2.24, 2.45) is 0 Å². The molecule has 18 heavy (non-hydrogen) atoms. The summed E-state index contributed by atoms with van der Waals surface area (Å²) in [5.41, 5.74) is 0.835. The summed E-state index contributed by atoms with van der Waals surface area (Å²) in [6.45, 7) is 1.83. The zero-order chi connectivity index (χ0) is 13.0. The Hall–Kier alpha value is -2.00. The highest BCUT2D eigenvalue weighted by molar-refractivity contribution is 6.31. The van der Waals surface area contributed by atoms with Gasteiger partial charge in [-0.1, -0.05) is 29.8 Å². The van der Waals surface area contributed by atoms with E-state index >= 15 is 0 Å². The highest BCUT2D eigenvalue weighted by Crippen LogP contribution is 2.21. The summed E-state index contributed by atoms with van der Waals surface area (Å²) in [7, 11) is 0. The summed E-state index contributed by atoms with van der Waals surface area (Å²) in [4.78, 5) is 11.5. The Balaban J connectivity index is 2.01. The third kappa shape index (κ3) is 3.25. The molecule has 0 fully saturated rings. The third-order valence-electron chi connectivity index (χ3n) is 2.27. The van der Waals surface area contributed by atoms with E-state index in [9.17, 15) is 4.79 Å². The number of aryl methyl sites for hydroxylation is 1. The van der Waals surface area contributed by atoms with Gasteiger partial charge in [0.2, 0.25) is 0 Å². The molecule has 0 spiro atoms. The molecule has 0 aliphatic heterocycles. The van der Waals surface area contributed by atoms with Crippen LogP contribution in [0.25, 0.3) is 0 Å². The van der Waals surface area contributed by atoms with Gasteiger partial charge in [-0.15, -0.1) is 0 Å². The first-order valence-electron chi connectivity index (χ1n) is 5.36. The van der Waals surface area contributed by atoms with Crippen molar-refractivity contribution in [1.82, 2.24) is 0 Å². The second kappa shape index (κ2) is 5.56. The van der Waals surface area contributed by atoms with Crippen LogP contribution in [0.15, 0.2) is 48.5 Å². The van der Waals surface area contributed by atoms with Gasteiger partial charge >= 0.3 is 6.16 Å². The Labute approximate surface area is 110 Å². The SMILES string of the molecule is Cc1cc(OC(=O)Oc2ccccc2)ccc1Cl. The van der Waals surface area contributed by atoms with Gasteiger partial charge in [0.05, 0.1) is 0 Å². The fraction of sp³-hybridized carbons (Fsp3) is 0.0714. The lowest BCUT2D eigenvalue weighted by Gasteiger charge is -2.06. The van der Waals surface area contributed by atoms with Crippen molar-refractivity contribution in [2.45, 2.75) is 6.92 Å². The van der Waals surface area contributed by atoms with Crippen LogP contribution in [-0.2, 0) is 0 Å². The minimum Gasteiger partial charge on any atom is -0.395 e. The zero-order valence-electron chi connectivity index (χ0n) is 9.72. The maximum Gasteiger partial charge on any atom is 0.519 e. The fourth-order valence-corrected chi connectivity index (χ4v) is 1.50. The van der Waals surface area contributed by atoms with E-state index in [2.05, 4.69) is 0 Å². The number of halogens is 1. The molecule has 0 heterocycles. The molecular weight excluding hydrogens is 252 g/mol. The summed E-state index contributed by atoms with van der Waals surface area (Å²) in [5, 5.41) is 0.624. The molecule has 0 aliphatic rings. The molecule has 0 saturated heterocycles. The monoisotopic (exact) mass is 262 g/mol. The molecule has 0 bridgehead atoms. The van der Waals surface area contributed by atoms with Gasteiger partial charge in [-0.05, 0) is 42.8 Å². The van der Waals surface area contributed by atoms with Crippen LogP contribution >= 0.6 is 11.6 Å². The number of carbonyl (C=O) groups excluding carboxylic acids is 1. The van der Waals surface area contributed by atoms with Crippen LogP contribution in [0.1, 0.15) is 5.56 Å². The summed E-state index contributed by atoms with van der Waals surface area (Å²) in [5.74, 6) is 0.839. The number of ether oxygens (including phenoxy) is 2. The smallest absolute Gasteiger partial charge is 0.395 e. The van der Waals surface area contributed by atoms with E-state index in [0.29, 0.717) is 16.5 Å². The van der Waals surface area contributed by atoms with Gasteiger partial charge in [0.15, 0.2) is 0 Å². The van der Waals surface area contributed by atoms with E-state index in [-0.39, 0.29) is 0 Å². The number of hydrogen-bond donors (Lipinski definition) is 0. The first kappa shape index (κ1) is 12.5. The van der Waals surface area contributed by atoms with Crippen molar-refractivity contribution in [3.05, 3.63) is 59.1 Å². The van der Waals surface area contributed by atoms with E-state index in [1.54, 1.807) is 42.5 Å². The van der Waals surface area contributed by atoms with Gasteiger partial charge in [0.1, 0.15) is 11.5 Å². The molecule has 0 aromatic heterocycles. The molecule has 0 saturated carbocycles. The lowest BCUT2D eigenvalue weighted by atomic mass is 10.2. The largest absolute Gasteiger partial charge is 0.519 e. The number of hydrogen-bond acceptors (Lipinski definition) is 3. The minimum absolute atomic E-state index is 0.401. The topological polar surface area (TPSA) is 35.5 Å². The molecule has 0 atom stereocenters. The molecule has 4 heteroatoms. The van der Waals surface area contributed by atoms with Gasteiger partial charge in [-0.3, -0.25) is 0 Å². The lowest BCUT2D eigenvalue weighted by molar-refractivity contribution is 0.152. The zero-order valence-corrected chi connectivity index (χ0v) is 10.5. The molecule has 0 unspecified atom stereocenters. The van der Waals surface area contributed by atoms with E-state index < -0.39 is 6.16 Å². The first-order chi connectivity index (χ1) is 8.65. The van der Waals surface area contributed by atoms with Crippen molar-refractivity contribution in [3.63, 3.8) is 0 Å². The molecule has 3 nitrogen and oxygen atoms in total. The van der Waals surface area contributed by atoms with Gasteiger partial charge in [0.25, 0.3) is 0 Å². The quantitative estimate of drug-likeness (QED) is 0.600. The lowest BCUT2D eigenvalue weighted by Crippen LogP contribution is -2.13. The Kier molecular flexibility index (Phi) is 3.85. The average molecular weight is 263 g/mol. The van der Waals surface area contributed by atoms with Crippen LogP contribution in [0, 0.1) is 6.92 Å². The third-order valence-corrected chi connectivity index (χ3v) is 2.70. The standard InChI is InChI=1S/C14H11ClO3/c1-10-9-12(7-8-13(10)15)18-14(16)17-11-5-3-2-4-6-11/h2-9H,1H3. The Bertz CT molecular complexity index is 552. The molecule has 0 radical (unpaired) electrons. The Morgan fingerprint density at radius 2 is 1.67 bits per heavy atom.